The maximum Gasteiger partial charge on any atom is 0.310 e. The highest BCUT2D eigenvalue weighted by Crippen LogP contribution is 2.24. The molecule has 0 saturated carbocycles. The summed E-state index contributed by atoms with van der Waals surface area (Å²) < 4.78 is 30.9. The van der Waals surface area contributed by atoms with Crippen LogP contribution in [0.5, 0.6) is 0 Å². The van der Waals surface area contributed by atoms with Gasteiger partial charge in [0.1, 0.15) is 5.82 Å². The molecule has 0 radical (unpaired) electrons. The number of ether oxygens (including phenoxy) is 1. The molecule has 1 aromatic carbocycles. The number of anilines is 2. The van der Waals surface area contributed by atoms with Gasteiger partial charge in [-0.1, -0.05) is 13.0 Å². The Morgan fingerprint density at radius 3 is 2.84 bits per heavy atom. The SMILES string of the molecule is CCCS(=O)c1cnc(Cl)nc1Nc1ccc(CC(=O)OC)c(F)c1. The van der Waals surface area contributed by atoms with Crippen LogP contribution in [0.3, 0.4) is 0 Å². The first-order valence-corrected chi connectivity index (χ1v) is 9.17. The van der Waals surface area contributed by atoms with E-state index in [0.29, 0.717) is 16.3 Å². The number of halogens is 2. The van der Waals surface area contributed by atoms with Crippen molar-refractivity contribution in [2.24, 2.45) is 0 Å². The second-order valence-electron chi connectivity index (χ2n) is 5.09. The van der Waals surface area contributed by atoms with Crippen LogP contribution in [0, 0.1) is 5.82 Å². The molecule has 0 aliphatic heterocycles. The lowest BCUT2D eigenvalue weighted by molar-refractivity contribution is -0.139. The van der Waals surface area contributed by atoms with Gasteiger partial charge in [-0.3, -0.25) is 9.00 Å². The number of nitrogens with one attached hydrogen (secondary N) is 1. The molecule has 25 heavy (non-hydrogen) atoms. The summed E-state index contributed by atoms with van der Waals surface area (Å²) in [4.78, 5) is 19.5. The minimum absolute atomic E-state index is 0.0115. The van der Waals surface area contributed by atoms with E-state index < -0.39 is 22.6 Å². The number of nitrogens with zero attached hydrogens (tertiary/aromatic N) is 2. The fraction of sp³-hybridized carbons (Fsp3) is 0.312. The molecule has 1 atom stereocenters. The van der Waals surface area contributed by atoms with E-state index in [4.69, 9.17) is 11.6 Å². The largest absolute Gasteiger partial charge is 0.469 e. The Kier molecular flexibility index (Phi) is 6.83. The number of carbonyl (C=O) groups is 1. The fourth-order valence-electron chi connectivity index (χ4n) is 2.03. The van der Waals surface area contributed by atoms with Gasteiger partial charge in [0.15, 0.2) is 5.82 Å². The topological polar surface area (TPSA) is 81.2 Å². The lowest BCUT2D eigenvalue weighted by Gasteiger charge is -2.11. The van der Waals surface area contributed by atoms with E-state index in [2.05, 4.69) is 20.0 Å². The fourth-order valence-corrected chi connectivity index (χ4v) is 3.24. The minimum atomic E-state index is -1.30. The van der Waals surface area contributed by atoms with Crippen molar-refractivity contribution >= 4 is 39.9 Å². The predicted molar refractivity (Wildman–Crippen MR) is 94.0 cm³/mol. The first-order valence-electron chi connectivity index (χ1n) is 7.47. The van der Waals surface area contributed by atoms with Gasteiger partial charge in [0, 0.05) is 11.4 Å². The number of rotatable bonds is 7. The summed E-state index contributed by atoms with van der Waals surface area (Å²) in [5, 5.41) is 2.89. The van der Waals surface area contributed by atoms with E-state index in [1.54, 1.807) is 6.07 Å². The summed E-state index contributed by atoms with van der Waals surface area (Å²) in [5.41, 5.74) is 0.600. The van der Waals surface area contributed by atoms with Crippen molar-refractivity contribution in [3.63, 3.8) is 0 Å². The third kappa shape index (κ3) is 5.20. The lowest BCUT2D eigenvalue weighted by atomic mass is 10.1. The van der Waals surface area contributed by atoms with E-state index in [-0.39, 0.29) is 23.1 Å². The van der Waals surface area contributed by atoms with Gasteiger partial charge in [0.2, 0.25) is 5.28 Å². The van der Waals surface area contributed by atoms with Gasteiger partial charge in [-0.15, -0.1) is 0 Å². The second-order valence-corrected chi connectivity index (χ2v) is 6.96. The lowest BCUT2D eigenvalue weighted by Crippen LogP contribution is -2.07. The average molecular weight is 386 g/mol. The van der Waals surface area contributed by atoms with Crippen LogP contribution in [0.4, 0.5) is 15.9 Å². The van der Waals surface area contributed by atoms with Crippen molar-refractivity contribution in [1.82, 2.24) is 9.97 Å². The Morgan fingerprint density at radius 2 is 2.20 bits per heavy atom. The van der Waals surface area contributed by atoms with Gasteiger partial charge in [0.25, 0.3) is 0 Å². The van der Waals surface area contributed by atoms with Crippen LogP contribution in [-0.4, -0.2) is 33.0 Å². The van der Waals surface area contributed by atoms with Gasteiger partial charge in [-0.25, -0.2) is 9.37 Å². The van der Waals surface area contributed by atoms with Gasteiger partial charge >= 0.3 is 5.97 Å². The maximum atomic E-state index is 14.1. The first kappa shape index (κ1) is 19.3. The minimum Gasteiger partial charge on any atom is -0.469 e. The quantitative estimate of drug-likeness (QED) is 0.582. The summed E-state index contributed by atoms with van der Waals surface area (Å²) >= 11 is 5.81. The summed E-state index contributed by atoms with van der Waals surface area (Å²) in [6, 6.07) is 4.28. The van der Waals surface area contributed by atoms with E-state index in [0.717, 1.165) is 6.42 Å². The normalized spacial score (nSPS) is 11.8. The molecule has 0 aliphatic rings. The maximum absolute atomic E-state index is 14.1. The number of benzene rings is 1. The molecule has 134 valence electrons. The molecular formula is C16H17ClFN3O3S. The van der Waals surface area contributed by atoms with Crippen LogP contribution in [0.2, 0.25) is 5.28 Å². The Labute approximate surface area is 152 Å². The monoisotopic (exact) mass is 385 g/mol. The third-order valence-electron chi connectivity index (χ3n) is 3.24. The molecule has 9 heteroatoms. The molecular weight excluding hydrogens is 369 g/mol. The number of esters is 1. The zero-order valence-corrected chi connectivity index (χ0v) is 15.3. The van der Waals surface area contributed by atoms with Crippen LogP contribution in [-0.2, 0) is 26.8 Å². The zero-order chi connectivity index (χ0) is 18.4. The molecule has 6 nitrogen and oxygen atoms in total. The Hall–Kier alpha value is -2.06. The van der Waals surface area contributed by atoms with E-state index in [1.807, 2.05) is 6.92 Å². The second kappa shape index (κ2) is 8.87. The number of carbonyl (C=O) groups excluding carboxylic acids is 1. The number of hydrogen-bond donors (Lipinski definition) is 1. The van der Waals surface area contributed by atoms with Crippen molar-refractivity contribution in [2.45, 2.75) is 24.7 Å². The zero-order valence-electron chi connectivity index (χ0n) is 13.7. The molecule has 0 saturated heterocycles. The smallest absolute Gasteiger partial charge is 0.310 e. The average Bonchev–Trinajstić information content (AvgIpc) is 2.57. The number of methoxy groups -OCH3 is 1. The highest BCUT2D eigenvalue weighted by Gasteiger charge is 2.14. The molecule has 0 aliphatic carbocycles. The standard InChI is InChI=1S/C16H17ClFN3O3S/c1-3-6-25(23)13-9-19-16(17)21-15(13)20-11-5-4-10(12(18)8-11)7-14(22)24-2/h4-5,8-9H,3,6-7H2,1-2H3,(H,19,20,21). The van der Waals surface area contributed by atoms with Gasteiger partial charge in [-0.05, 0) is 35.7 Å². The number of aromatic nitrogens is 2. The van der Waals surface area contributed by atoms with Gasteiger partial charge in [0.05, 0.1) is 35.4 Å². The molecule has 1 heterocycles. The van der Waals surface area contributed by atoms with Crippen molar-refractivity contribution in [1.29, 1.82) is 0 Å². The van der Waals surface area contributed by atoms with Crippen LogP contribution >= 0.6 is 11.6 Å². The van der Waals surface area contributed by atoms with Crippen molar-refractivity contribution in [2.75, 3.05) is 18.2 Å². The van der Waals surface area contributed by atoms with E-state index in [1.165, 1.54) is 25.4 Å². The summed E-state index contributed by atoms with van der Waals surface area (Å²) in [7, 11) is -0.0538. The first-order chi connectivity index (χ1) is 11.9. The predicted octanol–water partition coefficient (Wildman–Crippen LogP) is 3.25. The molecule has 0 amide bonds. The molecule has 1 unspecified atom stereocenters. The summed E-state index contributed by atoms with van der Waals surface area (Å²) in [6.45, 7) is 1.91. The highest BCUT2D eigenvalue weighted by atomic mass is 35.5. The van der Waals surface area contributed by atoms with Crippen LogP contribution in [0.15, 0.2) is 29.3 Å². The molecule has 1 N–H and O–H groups in total. The Bertz CT molecular complexity index is 804. The molecule has 0 fully saturated rings. The number of hydrogen-bond acceptors (Lipinski definition) is 6. The Morgan fingerprint density at radius 1 is 1.44 bits per heavy atom. The summed E-state index contributed by atoms with van der Waals surface area (Å²) in [5.74, 6) is -0.385. The highest BCUT2D eigenvalue weighted by molar-refractivity contribution is 7.85. The molecule has 2 aromatic rings. The van der Waals surface area contributed by atoms with Crippen molar-refractivity contribution in [3.8, 4) is 0 Å². The van der Waals surface area contributed by atoms with Crippen LogP contribution in [0.1, 0.15) is 18.9 Å². The van der Waals surface area contributed by atoms with Gasteiger partial charge < -0.3 is 10.1 Å². The molecule has 1 aromatic heterocycles. The van der Waals surface area contributed by atoms with Gasteiger partial charge in [-0.2, -0.15) is 4.98 Å². The van der Waals surface area contributed by atoms with E-state index in [9.17, 15) is 13.4 Å². The van der Waals surface area contributed by atoms with Crippen molar-refractivity contribution < 1.29 is 18.1 Å². The third-order valence-corrected chi connectivity index (χ3v) is 4.99. The Balaban J connectivity index is 2.27. The molecule has 0 bridgehead atoms. The molecule has 0 spiro atoms. The van der Waals surface area contributed by atoms with Crippen LogP contribution < -0.4 is 5.32 Å². The molecule has 2 rings (SSSR count). The van der Waals surface area contributed by atoms with E-state index >= 15 is 0 Å². The van der Waals surface area contributed by atoms with Crippen molar-refractivity contribution in [3.05, 3.63) is 41.1 Å². The summed E-state index contributed by atoms with van der Waals surface area (Å²) in [6.07, 6.45) is 1.96. The van der Waals surface area contributed by atoms with Crippen LogP contribution in [0.25, 0.3) is 0 Å².